The Labute approximate surface area is 319 Å². The maximum absolute atomic E-state index is 9.01. The van der Waals surface area contributed by atoms with Crippen molar-refractivity contribution in [3.05, 3.63) is 108 Å². The Morgan fingerprint density at radius 1 is 0.556 bits per heavy atom. The van der Waals surface area contributed by atoms with E-state index in [4.69, 9.17) is 20.5 Å². The van der Waals surface area contributed by atoms with Crippen molar-refractivity contribution in [1.82, 2.24) is 19.1 Å². The lowest BCUT2D eigenvalue weighted by molar-refractivity contribution is 0.140. The van der Waals surface area contributed by atoms with Gasteiger partial charge >= 0.3 is 0 Å². The van der Waals surface area contributed by atoms with Gasteiger partial charge in [-0.25, -0.2) is 9.97 Å². The van der Waals surface area contributed by atoms with Crippen LogP contribution in [0.15, 0.2) is 97.1 Å². The number of rotatable bonds is 6. The molecule has 8 nitrogen and oxygen atoms in total. The number of para-hydroxylation sites is 4. The first kappa shape index (κ1) is 36.7. The second-order valence-corrected chi connectivity index (χ2v) is 17.4. The fourth-order valence-electron chi connectivity index (χ4n) is 9.50. The monoisotopic (exact) mass is 716 g/mol. The molecule has 6 aromatic rings. The maximum Gasteiger partial charge on any atom is 0.208 e. The first-order valence-electron chi connectivity index (χ1n) is 19.4. The molecule has 8 rings (SSSR count). The van der Waals surface area contributed by atoms with Crippen LogP contribution < -0.4 is 10.6 Å². The number of fused-ring (bicyclic) bond motifs is 2. The van der Waals surface area contributed by atoms with Gasteiger partial charge < -0.3 is 19.8 Å². The lowest BCUT2D eigenvalue weighted by Gasteiger charge is -2.40. The second kappa shape index (κ2) is 15.0. The third kappa shape index (κ3) is 8.14. The molecular weight excluding hydrogens is 665 g/mol. The van der Waals surface area contributed by atoms with Gasteiger partial charge in [-0.15, -0.1) is 0 Å². The van der Waals surface area contributed by atoms with Gasteiger partial charge in [0.25, 0.3) is 0 Å². The van der Waals surface area contributed by atoms with E-state index in [0.29, 0.717) is 45.9 Å². The fourth-order valence-corrected chi connectivity index (χ4v) is 9.50. The molecule has 2 fully saturated rings. The molecule has 2 aromatic heterocycles. The molecule has 2 aliphatic rings. The van der Waals surface area contributed by atoms with E-state index in [1.165, 1.54) is 36.7 Å². The Morgan fingerprint density at radius 2 is 0.926 bits per heavy atom. The third-order valence-electron chi connectivity index (χ3n) is 11.2. The minimum Gasteiger partial charge on any atom is -0.326 e. The van der Waals surface area contributed by atoms with Gasteiger partial charge in [0.15, 0.2) is 0 Å². The molecular formula is C46H52N8. The van der Waals surface area contributed by atoms with Gasteiger partial charge in [-0.05, 0) is 134 Å². The Kier molecular flexibility index (Phi) is 10.2. The van der Waals surface area contributed by atoms with Crippen LogP contribution in [0.2, 0.25) is 0 Å². The van der Waals surface area contributed by atoms with Gasteiger partial charge in [0.05, 0.1) is 45.3 Å². The zero-order valence-corrected chi connectivity index (χ0v) is 32.5. The Balaban J connectivity index is 0.000000167. The molecule has 0 aliphatic heterocycles. The highest BCUT2D eigenvalue weighted by Gasteiger charge is 2.36. The molecule has 2 saturated carbocycles. The Morgan fingerprint density at radius 3 is 1.28 bits per heavy atom. The van der Waals surface area contributed by atoms with E-state index in [2.05, 4.69) is 110 Å². The first-order valence-corrected chi connectivity index (χ1v) is 19.4. The van der Waals surface area contributed by atoms with E-state index in [9.17, 15) is 0 Å². The summed E-state index contributed by atoms with van der Waals surface area (Å²) in [7, 11) is 0. The number of nitriles is 2. The summed E-state index contributed by atoms with van der Waals surface area (Å²) < 4.78 is 4.79. The molecule has 276 valence electrons. The summed E-state index contributed by atoms with van der Waals surface area (Å²) >= 11 is 0. The van der Waals surface area contributed by atoms with Crippen molar-refractivity contribution in [3.8, 4) is 12.1 Å². The van der Waals surface area contributed by atoms with Crippen LogP contribution in [0, 0.1) is 45.3 Å². The SMILES string of the molecule is C[C@@H]1C[C@H](n2c(Nc3ccc(C#N)cc3)nc3ccccc32)CC(C)(C)C1.C[C@H]1C[C@@H](n2c(Nc3ccc(C#N)cc3)nc3ccccc32)CC(C)(C)C1. The van der Waals surface area contributed by atoms with E-state index >= 15 is 0 Å². The number of anilines is 4. The zero-order valence-electron chi connectivity index (χ0n) is 32.5. The predicted molar refractivity (Wildman–Crippen MR) is 220 cm³/mol. The highest BCUT2D eigenvalue weighted by atomic mass is 15.2. The fraction of sp³-hybridized carbons (Fsp3) is 0.391. The van der Waals surface area contributed by atoms with Crippen molar-refractivity contribution in [1.29, 1.82) is 10.5 Å². The van der Waals surface area contributed by atoms with Crippen molar-refractivity contribution in [2.45, 2.75) is 92.2 Å². The molecule has 8 heteroatoms. The summed E-state index contributed by atoms with van der Waals surface area (Å²) in [5.74, 6) is 3.16. The highest BCUT2D eigenvalue weighted by Crippen LogP contribution is 2.47. The van der Waals surface area contributed by atoms with E-state index < -0.39 is 0 Å². The topological polar surface area (TPSA) is 107 Å². The van der Waals surface area contributed by atoms with Gasteiger partial charge in [-0.3, -0.25) is 0 Å². The summed E-state index contributed by atoms with van der Waals surface area (Å²) in [5, 5.41) is 25.0. The van der Waals surface area contributed by atoms with Crippen LogP contribution in [0.4, 0.5) is 23.3 Å². The number of hydrogen-bond donors (Lipinski definition) is 2. The predicted octanol–water partition coefficient (Wildman–Crippen LogP) is 12.1. The molecule has 0 unspecified atom stereocenters. The summed E-state index contributed by atoms with van der Waals surface area (Å²) in [5.41, 5.74) is 8.30. The normalized spacial score (nSPS) is 21.7. The molecule has 54 heavy (non-hydrogen) atoms. The average Bonchev–Trinajstić information content (AvgIpc) is 3.68. The van der Waals surface area contributed by atoms with Crippen molar-refractivity contribution < 1.29 is 0 Å². The summed E-state index contributed by atoms with van der Waals surface area (Å²) in [6.07, 6.45) is 7.19. The minimum atomic E-state index is 0.333. The van der Waals surface area contributed by atoms with Crippen molar-refractivity contribution in [3.63, 3.8) is 0 Å². The lowest BCUT2D eigenvalue weighted by atomic mass is 9.70. The molecule has 2 N–H and O–H groups in total. The van der Waals surface area contributed by atoms with Crippen LogP contribution in [-0.4, -0.2) is 19.1 Å². The standard InChI is InChI=1S/2C23H26N4/c2*1-16-12-19(14-23(2,3)13-16)27-21-7-5-4-6-20(21)26-22(27)25-18-10-8-17(15-24)9-11-18/h2*4-11,16,19H,12-14H2,1-3H3,(H,25,26)/t2*16-,19+/m10/s1. The molecule has 0 amide bonds. The number of hydrogen-bond acceptors (Lipinski definition) is 6. The van der Waals surface area contributed by atoms with Crippen molar-refractivity contribution >= 4 is 45.3 Å². The maximum atomic E-state index is 9.01. The minimum absolute atomic E-state index is 0.333. The molecule has 0 spiro atoms. The third-order valence-corrected chi connectivity index (χ3v) is 11.2. The zero-order chi connectivity index (χ0) is 38.0. The van der Waals surface area contributed by atoms with Crippen LogP contribution >= 0.6 is 0 Å². The van der Waals surface area contributed by atoms with E-state index in [1.54, 1.807) is 0 Å². The summed E-state index contributed by atoms with van der Waals surface area (Å²) in [6.45, 7) is 14.2. The number of nitrogens with one attached hydrogen (secondary N) is 2. The van der Waals surface area contributed by atoms with Crippen LogP contribution in [-0.2, 0) is 0 Å². The van der Waals surface area contributed by atoms with Gasteiger partial charge in [0, 0.05) is 23.5 Å². The molecule has 2 heterocycles. The summed E-state index contributed by atoms with van der Waals surface area (Å²) in [6, 6.07) is 37.0. The average molecular weight is 717 g/mol. The number of aromatic nitrogens is 4. The van der Waals surface area contributed by atoms with Crippen LogP contribution in [0.1, 0.15) is 103 Å². The largest absolute Gasteiger partial charge is 0.326 e. The summed E-state index contributed by atoms with van der Waals surface area (Å²) in [4.78, 5) is 9.77. The van der Waals surface area contributed by atoms with Gasteiger partial charge in [0.2, 0.25) is 11.9 Å². The van der Waals surface area contributed by atoms with Crippen LogP contribution in [0.5, 0.6) is 0 Å². The highest BCUT2D eigenvalue weighted by molar-refractivity contribution is 5.81. The van der Waals surface area contributed by atoms with Crippen molar-refractivity contribution in [2.24, 2.45) is 22.7 Å². The first-order chi connectivity index (χ1) is 25.9. The molecule has 0 bridgehead atoms. The van der Waals surface area contributed by atoms with Gasteiger partial charge in [-0.1, -0.05) is 65.8 Å². The molecule has 4 atom stereocenters. The van der Waals surface area contributed by atoms with E-state index in [1.807, 2.05) is 60.7 Å². The number of benzene rings is 4. The van der Waals surface area contributed by atoms with Gasteiger partial charge in [-0.2, -0.15) is 10.5 Å². The van der Waals surface area contributed by atoms with Crippen LogP contribution in [0.25, 0.3) is 22.1 Å². The lowest BCUT2D eigenvalue weighted by Crippen LogP contribution is -2.29. The van der Waals surface area contributed by atoms with E-state index in [-0.39, 0.29) is 0 Å². The van der Waals surface area contributed by atoms with Gasteiger partial charge in [0.1, 0.15) is 0 Å². The number of nitrogens with zero attached hydrogens (tertiary/aromatic N) is 6. The Bertz CT molecular complexity index is 2150. The molecule has 0 saturated heterocycles. The Hall–Kier alpha value is -5.60. The quantitative estimate of drug-likeness (QED) is 0.178. The second-order valence-electron chi connectivity index (χ2n) is 17.4. The van der Waals surface area contributed by atoms with Crippen LogP contribution in [0.3, 0.4) is 0 Å². The number of imidazole rings is 2. The molecule has 2 aliphatic carbocycles. The smallest absolute Gasteiger partial charge is 0.208 e. The van der Waals surface area contributed by atoms with E-state index in [0.717, 1.165) is 47.1 Å². The molecule has 4 aromatic carbocycles. The molecule has 0 radical (unpaired) electrons. The van der Waals surface area contributed by atoms with Crippen molar-refractivity contribution in [2.75, 3.05) is 10.6 Å².